The van der Waals surface area contributed by atoms with Crippen molar-refractivity contribution >= 4 is 22.1 Å². The maximum atomic E-state index is 10.9. The number of carbonyl (C=O) groups excluding carboxylic acids is 1. The lowest BCUT2D eigenvalue weighted by atomic mass is 10.1. The van der Waals surface area contributed by atoms with Gasteiger partial charge in [0, 0.05) is 22.6 Å². The Balaban J connectivity index is 2.95. The molecule has 90 valence electrons. The molecule has 15 heavy (non-hydrogen) atoms. The molecule has 3 heteroatoms. The van der Waals surface area contributed by atoms with Crippen molar-refractivity contribution in [1.82, 2.24) is 4.34 Å². The summed E-state index contributed by atoms with van der Waals surface area (Å²) in [7, 11) is 0. The van der Waals surface area contributed by atoms with Gasteiger partial charge in [0.05, 0.1) is 0 Å². The van der Waals surface area contributed by atoms with Gasteiger partial charge in [-0.2, -0.15) is 0 Å². The van der Waals surface area contributed by atoms with Gasteiger partial charge in [0.15, 0.2) is 0 Å². The number of unbranched alkanes of at least 4 members (excludes halogenated alkanes) is 8. The molecular weight excluding hydrogens is 254 g/mol. The highest BCUT2D eigenvalue weighted by molar-refractivity contribution is 9.08. The summed E-state index contributed by atoms with van der Waals surface area (Å²) in [5.74, 6) is 0.0953. The summed E-state index contributed by atoms with van der Waals surface area (Å²) in [6.45, 7) is 2.24. The topological polar surface area (TPSA) is 29.1 Å². The second-order valence-electron chi connectivity index (χ2n) is 4.10. The highest BCUT2D eigenvalue weighted by Gasteiger charge is 1.97. The molecule has 0 bridgehead atoms. The quantitative estimate of drug-likeness (QED) is 0.467. The van der Waals surface area contributed by atoms with Gasteiger partial charge in [-0.05, 0) is 6.42 Å². The molecule has 0 radical (unpaired) electrons. The molecule has 2 nitrogen and oxygen atoms in total. The number of carbonyl (C=O) groups is 1. The van der Waals surface area contributed by atoms with Crippen LogP contribution >= 0.6 is 16.1 Å². The maximum Gasteiger partial charge on any atom is 0.229 e. The number of halogens is 1. The molecule has 0 aliphatic carbocycles. The Bertz CT molecular complexity index is 151. The molecule has 0 saturated carbocycles. The third-order valence-electron chi connectivity index (χ3n) is 2.61. The van der Waals surface area contributed by atoms with E-state index in [4.69, 9.17) is 0 Å². The molecule has 0 aliphatic heterocycles. The average Bonchev–Trinajstić information content (AvgIpc) is 2.26. The molecule has 0 rings (SSSR count). The van der Waals surface area contributed by atoms with E-state index in [1.807, 2.05) is 0 Å². The van der Waals surface area contributed by atoms with E-state index in [-0.39, 0.29) is 5.91 Å². The van der Waals surface area contributed by atoms with E-state index >= 15 is 0 Å². The first-order valence-electron chi connectivity index (χ1n) is 6.20. The number of hydrogen-bond acceptors (Lipinski definition) is 1. The Hall–Kier alpha value is -0.0500. The van der Waals surface area contributed by atoms with Crippen molar-refractivity contribution < 1.29 is 4.79 Å². The number of nitrogens with one attached hydrogen (secondary N) is 1. The first-order valence-corrected chi connectivity index (χ1v) is 7.00. The van der Waals surface area contributed by atoms with Gasteiger partial charge in [0.2, 0.25) is 5.91 Å². The molecular formula is C12H24BrNO. The van der Waals surface area contributed by atoms with E-state index in [9.17, 15) is 4.79 Å². The molecule has 0 fully saturated rings. The monoisotopic (exact) mass is 277 g/mol. The van der Waals surface area contributed by atoms with Gasteiger partial charge in [-0.1, -0.05) is 58.3 Å². The minimum absolute atomic E-state index is 0.0953. The molecule has 1 amide bonds. The summed E-state index contributed by atoms with van der Waals surface area (Å²) in [4.78, 5) is 10.9. The lowest BCUT2D eigenvalue weighted by Crippen LogP contribution is -2.10. The largest absolute Gasteiger partial charge is 0.293 e. The van der Waals surface area contributed by atoms with Crippen molar-refractivity contribution in [2.24, 2.45) is 0 Å². The third-order valence-corrected chi connectivity index (χ3v) is 3.06. The second kappa shape index (κ2) is 12.0. The first-order chi connectivity index (χ1) is 7.31. The maximum absolute atomic E-state index is 10.9. The zero-order chi connectivity index (χ0) is 11.4. The molecule has 0 heterocycles. The predicted molar refractivity (Wildman–Crippen MR) is 68.9 cm³/mol. The highest BCUT2D eigenvalue weighted by atomic mass is 79.9. The van der Waals surface area contributed by atoms with E-state index in [1.165, 1.54) is 51.4 Å². The lowest BCUT2D eigenvalue weighted by molar-refractivity contribution is -0.119. The Morgan fingerprint density at radius 1 is 0.933 bits per heavy atom. The van der Waals surface area contributed by atoms with Gasteiger partial charge >= 0.3 is 0 Å². The van der Waals surface area contributed by atoms with Gasteiger partial charge in [0.1, 0.15) is 0 Å². The zero-order valence-corrected chi connectivity index (χ0v) is 11.4. The van der Waals surface area contributed by atoms with Crippen molar-refractivity contribution in [2.75, 3.05) is 0 Å². The van der Waals surface area contributed by atoms with Crippen LogP contribution in [0.1, 0.15) is 71.1 Å². The summed E-state index contributed by atoms with van der Waals surface area (Å²) in [5, 5.41) is 0. The Morgan fingerprint density at radius 3 is 1.87 bits per heavy atom. The van der Waals surface area contributed by atoms with Crippen molar-refractivity contribution in [3.05, 3.63) is 0 Å². The average molecular weight is 278 g/mol. The standard InChI is InChI=1S/C12H24BrNO/c1-2-3-4-5-6-7-8-9-10-11-12(15)14-13/h2-11H2,1H3,(H,14,15). The predicted octanol–water partition coefficient (Wildman–Crippen LogP) is 4.33. The van der Waals surface area contributed by atoms with E-state index in [2.05, 4.69) is 27.4 Å². The lowest BCUT2D eigenvalue weighted by Gasteiger charge is -2.01. The third kappa shape index (κ3) is 11.9. The first kappa shape index (κ1) is 14.9. The fourth-order valence-electron chi connectivity index (χ4n) is 1.64. The minimum Gasteiger partial charge on any atom is -0.293 e. The highest BCUT2D eigenvalue weighted by Crippen LogP contribution is 2.10. The summed E-state index contributed by atoms with van der Waals surface area (Å²) in [6.07, 6.45) is 12.3. The molecule has 0 aliphatic rings. The Morgan fingerprint density at radius 2 is 1.40 bits per heavy atom. The fraction of sp³-hybridized carbons (Fsp3) is 0.917. The van der Waals surface area contributed by atoms with Gasteiger partial charge < -0.3 is 0 Å². The summed E-state index contributed by atoms with van der Waals surface area (Å²) < 4.78 is 2.46. The van der Waals surface area contributed by atoms with Crippen LogP contribution in [0.15, 0.2) is 0 Å². The van der Waals surface area contributed by atoms with Gasteiger partial charge in [-0.15, -0.1) is 0 Å². The van der Waals surface area contributed by atoms with Crippen LogP contribution < -0.4 is 4.34 Å². The van der Waals surface area contributed by atoms with E-state index < -0.39 is 0 Å². The molecule has 0 aromatic rings. The van der Waals surface area contributed by atoms with E-state index in [0.717, 1.165) is 6.42 Å². The van der Waals surface area contributed by atoms with E-state index in [1.54, 1.807) is 0 Å². The Kier molecular flexibility index (Phi) is 12.0. The summed E-state index contributed by atoms with van der Waals surface area (Å²) >= 11 is 2.93. The van der Waals surface area contributed by atoms with E-state index in [0.29, 0.717) is 6.42 Å². The van der Waals surface area contributed by atoms with Crippen molar-refractivity contribution in [2.45, 2.75) is 71.1 Å². The second-order valence-corrected chi connectivity index (χ2v) is 4.49. The summed E-state index contributed by atoms with van der Waals surface area (Å²) in [6, 6.07) is 0. The van der Waals surface area contributed by atoms with Crippen molar-refractivity contribution in [3.63, 3.8) is 0 Å². The van der Waals surface area contributed by atoms with Crippen molar-refractivity contribution in [1.29, 1.82) is 0 Å². The van der Waals surface area contributed by atoms with Crippen LogP contribution in [0.2, 0.25) is 0 Å². The van der Waals surface area contributed by atoms with Crippen LogP contribution in [0.25, 0.3) is 0 Å². The molecule has 0 atom stereocenters. The summed E-state index contributed by atoms with van der Waals surface area (Å²) in [5.41, 5.74) is 0. The number of amides is 1. The van der Waals surface area contributed by atoms with Crippen LogP contribution in [-0.4, -0.2) is 5.91 Å². The van der Waals surface area contributed by atoms with Gasteiger partial charge in [-0.3, -0.25) is 9.14 Å². The number of hydrogen-bond donors (Lipinski definition) is 1. The minimum atomic E-state index is 0.0953. The van der Waals surface area contributed by atoms with Crippen LogP contribution in [0.4, 0.5) is 0 Å². The van der Waals surface area contributed by atoms with Crippen LogP contribution in [-0.2, 0) is 4.79 Å². The smallest absolute Gasteiger partial charge is 0.229 e. The zero-order valence-electron chi connectivity index (χ0n) is 9.86. The van der Waals surface area contributed by atoms with Crippen LogP contribution in [0.3, 0.4) is 0 Å². The van der Waals surface area contributed by atoms with Crippen molar-refractivity contribution in [3.8, 4) is 0 Å². The molecule has 0 spiro atoms. The SMILES string of the molecule is CCCCCCCCCCCC(=O)NBr. The van der Waals surface area contributed by atoms with Crippen LogP contribution in [0.5, 0.6) is 0 Å². The fourth-order valence-corrected chi connectivity index (χ4v) is 1.84. The van der Waals surface area contributed by atoms with Gasteiger partial charge in [-0.25, -0.2) is 0 Å². The van der Waals surface area contributed by atoms with Gasteiger partial charge in [0.25, 0.3) is 0 Å². The molecule has 1 N–H and O–H groups in total. The molecule has 0 aromatic heterocycles. The Labute approximate surface area is 103 Å². The molecule has 0 aromatic carbocycles. The van der Waals surface area contributed by atoms with Crippen LogP contribution in [0, 0.1) is 0 Å². The molecule has 0 unspecified atom stereocenters. The number of rotatable bonds is 10. The molecule has 0 saturated heterocycles. The normalized spacial score (nSPS) is 10.3.